The van der Waals surface area contributed by atoms with Gasteiger partial charge in [-0.15, -0.1) is 0 Å². The molecule has 1 N–H and O–H groups in total. The number of pyridine rings is 1. The first-order chi connectivity index (χ1) is 10.7. The van der Waals surface area contributed by atoms with Crippen LogP contribution < -0.4 is 9.30 Å². The van der Waals surface area contributed by atoms with Crippen LogP contribution in [0.3, 0.4) is 0 Å². The summed E-state index contributed by atoms with van der Waals surface area (Å²) in [6.07, 6.45) is 0.886. The molecule has 0 aliphatic rings. The van der Waals surface area contributed by atoms with Gasteiger partial charge < -0.3 is 9.29 Å². The molecule has 0 bridgehead atoms. The number of aromatic nitrogens is 1. The summed E-state index contributed by atoms with van der Waals surface area (Å²) in [5.74, 6) is -0.329. The van der Waals surface area contributed by atoms with Crippen molar-refractivity contribution in [1.29, 1.82) is 0 Å². The number of alkyl halides is 6. The first-order valence-corrected chi connectivity index (χ1v) is 8.68. The lowest BCUT2D eigenvalue weighted by atomic mass is 10.4. The van der Waals surface area contributed by atoms with Crippen LogP contribution in [0.2, 0.25) is 0 Å². The molecule has 1 aromatic rings. The summed E-state index contributed by atoms with van der Waals surface area (Å²) < 4.78 is 122. The number of nitrogens with zero attached hydrogens (tertiary/aromatic N) is 1. The van der Waals surface area contributed by atoms with E-state index in [1.54, 1.807) is 0 Å². The second-order valence-corrected chi connectivity index (χ2v) is 8.39. The van der Waals surface area contributed by atoms with Crippen molar-refractivity contribution in [3.05, 3.63) is 24.4 Å². The number of methoxy groups -OCH3 is 1. The lowest BCUT2D eigenvalue weighted by Gasteiger charge is -2.15. The third-order valence-corrected chi connectivity index (χ3v) is 6.68. The Morgan fingerprint density at radius 2 is 1.67 bits per heavy atom. The van der Waals surface area contributed by atoms with Crippen molar-refractivity contribution in [2.75, 3.05) is 7.11 Å². The van der Waals surface area contributed by atoms with Gasteiger partial charge in [-0.25, -0.2) is 12.6 Å². The fourth-order valence-electron chi connectivity index (χ4n) is 1.49. The average Bonchev–Trinajstić information content (AvgIpc) is 2.42. The van der Waals surface area contributed by atoms with Crippen molar-refractivity contribution in [2.24, 2.45) is 0 Å². The molecule has 0 saturated heterocycles. The van der Waals surface area contributed by atoms with Gasteiger partial charge in [0.1, 0.15) is 0 Å². The molecular weight excluding hydrogens is 392 g/mol. The van der Waals surface area contributed by atoms with Crippen LogP contribution >= 0.6 is 0 Å². The number of ether oxygens (including phenoxy) is 1. The Morgan fingerprint density at radius 3 is 2.08 bits per heavy atom. The topological polar surface area (TPSA) is 84.5 Å². The highest BCUT2D eigenvalue weighted by Gasteiger charge is 2.57. The molecule has 1 rings (SSSR count). The molecule has 138 valence electrons. The molecule has 1 atom stereocenters. The molecule has 1 heterocycles. The molecule has 0 aliphatic heterocycles. The molecule has 24 heavy (non-hydrogen) atoms. The second-order valence-electron chi connectivity index (χ2n) is 4.16. The molecule has 0 aromatic carbocycles. The van der Waals surface area contributed by atoms with Crippen molar-refractivity contribution >= 4 is 23.8 Å². The fourth-order valence-corrected chi connectivity index (χ4v) is 4.39. The Labute approximate surface area is 132 Å². The first-order valence-electron chi connectivity index (χ1n) is 5.69. The Kier molecular flexibility index (Phi) is 5.47. The molecule has 0 fully saturated rings. The highest BCUT2D eigenvalue weighted by atomic mass is 32.3. The van der Waals surface area contributed by atoms with E-state index < -0.39 is 41.4 Å². The summed E-state index contributed by atoms with van der Waals surface area (Å²) in [6, 6.07) is 3.55. The minimum atomic E-state index is -6.71. The third kappa shape index (κ3) is 3.75. The maximum atomic E-state index is 12.7. The lowest BCUT2D eigenvalue weighted by Crippen LogP contribution is -2.49. The molecule has 6 nitrogen and oxygen atoms in total. The van der Waals surface area contributed by atoms with Crippen LogP contribution in [0.15, 0.2) is 24.4 Å². The number of halogens is 6. The van der Waals surface area contributed by atoms with E-state index >= 15 is 0 Å². The summed E-state index contributed by atoms with van der Waals surface area (Å²) in [7, 11) is -12.2. The van der Waals surface area contributed by atoms with E-state index in [1.165, 1.54) is 6.07 Å². The summed E-state index contributed by atoms with van der Waals surface area (Å²) >= 11 is 0. The Bertz CT molecular complexity index is 836. The highest BCUT2D eigenvalue weighted by molar-refractivity contribution is 8.22. The van der Waals surface area contributed by atoms with Gasteiger partial charge in [0.25, 0.3) is 9.84 Å². The smallest absolute Gasteiger partial charge is 0.448 e. The maximum Gasteiger partial charge on any atom is 0.502 e. The van der Waals surface area contributed by atoms with Crippen LogP contribution in [-0.2, 0) is 26.2 Å². The summed E-state index contributed by atoms with van der Waals surface area (Å²) in [6.45, 7) is -1.68. The monoisotopic (exact) mass is 402 g/mol. The van der Waals surface area contributed by atoms with E-state index in [1.807, 2.05) is 0 Å². The molecule has 0 saturated carbocycles. The van der Waals surface area contributed by atoms with Crippen LogP contribution in [0.25, 0.3) is 0 Å². The standard InChI is InChI=1S/C10H9F6NO5S2/c1-22-7-4-2-3-5-17(7)6-8(23(18,19)9(11,12)13)24(20,21)10(14,15)16/h2-5H,6H2,1H3/p+1. The lowest BCUT2D eigenvalue weighted by molar-refractivity contribution is -0.686. The van der Waals surface area contributed by atoms with E-state index in [4.69, 9.17) is 4.55 Å². The van der Waals surface area contributed by atoms with Crippen molar-refractivity contribution in [3.63, 3.8) is 0 Å². The van der Waals surface area contributed by atoms with Gasteiger partial charge in [0, 0.05) is 6.07 Å². The Balaban J connectivity index is 3.79. The van der Waals surface area contributed by atoms with Gasteiger partial charge in [0.2, 0.25) is 14.0 Å². The van der Waals surface area contributed by atoms with Gasteiger partial charge in [-0.2, -0.15) is 30.9 Å². The molecule has 1 unspecified atom stereocenters. The molecular formula is C10H10F6NO5S2+. The summed E-state index contributed by atoms with van der Waals surface area (Å²) in [4.78, 5) is 0. The average molecular weight is 402 g/mol. The zero-order chi connectivity index (χ0) is 19.0. The van der Waals surface area contributed by atoms with Gasteiger partial charge in [-0.3, -0.25) is 0 Å². The Hall–Kier alpha value is -1.54. The molecule has 0 spiro atoms. The number of hydrogen-bond acceptors (Lipinski definition) is 4. The Morgan fingerprint density at radius 1 is 1.12 bits per heavy atom. The van der Waals surface area contributed by atoms with E-state index in [-0.39, 0.29) is 5.88 Å². The molecule has 0 amide bonds. The number of hydrogen-bond donors (Lipinski definition) is 1. The van der Waals surface area contributed by atoms with E-state index in [2.05, 4.69) is 4.74 Å². The maximum absolute atomic E-state index is 12.7. The zero-order valence-corrected chi connectivity index (χ0v) is 13.3. The first kappa shape index (κ1) is 20.5. The molecule has 1 aromatic heterocycles. The van der Waals surface area contributed by atoms with Crippen molar-refractivity contribution in [3.8, 4) is 5.88 Å². The summed E-state index contributed by atoms with van der Waals surface area (Å²) in [5.41, 5.74) is -12.3. The predicted molar refractivity (Wildman–Crippen MR) is 70.0 cm³/mol. The van der Waals surface area contributed by atoms with Gasteiger partial charge in [0.05, 0.1) is 13.2 Å². The quantitative estimate of drug-likeness (QED) is 0.469. The van der Waals surface area contributed by atoms with E-state index in [0.29, 0.717) is 4.57 Å². The SMILES string of the molecule is COc1cccc[n+]1CC(S(=O)(=O)C(F)(F)F)=S(=O)(O)C(F)(F)F. The van der Waals surface area contributed by atoms with Crippen LogP contribution in [0, 0.1) is 0 Å². The minimum absolute atomic E-state index is 0.329. The number of sulfone groups is 1. The van der Waals surface area contributed by atoms with Crippen LogP contribution in [0.5, 0.6) is 5.88 Å². The third-order valence-electron chi connectivity index (χ3n) is 2.63. The normalized spacial score (nSPS) is 15.7. The fraction of sp³-hybridized carbons (Fsp3) is 0.400. The number of rotatable bonds is 3. The van der Waals surface area contributed by atoms with Crippen molar-refractivity contribution in [2.45, 2.75) is 17.6 Å². The molecule has 0 radical (unpaired) electrons. The zero-order valence-electron chi connectivity index (χ0n) is 11.6. The van der Waals surface area contributed by atoms with Crippen molar-refractivity contribution < 1.29 is 52.8 Å². The van der Waals surface area contributed by atoms with Crippen LogP contribution in [0.4, 0.5) is 26.3 Å². The van der Waals surface area contributed by atoms with Gasteiger partial charge in [-0.05, 0) is 6.07 Å². The van der Waals surface area contributed by atoms with Crippen LogP contribution in [0.1, 0.15) is 0 Å². The minimum Gasteiger partial charge on any atom is -0.448 e. The van der Waals surface area contributed by atoms with Gasteiger partial charge >= 0.3 is 16.9 Å². The highest BCUT2D eigenvalue weighted by Crippen LogP contribution is 2.31. The van der Waals surface area contributed by atoms with Gasteiger partial charge in [0.15, 0.2) is 12.7 Å². The van der Waals surface area contributed by atoms with Crippen molar-refractivity contribution in [1.82, 2.24) is 0 Å². The second kappa shape index (κ2) is 6.40. The van der Waals surface area contributed by atoms with E-state index in [0.717, 1.165) is 25.4 Å². The van der Waals surface area contributed by atoms with E-state index in [9.17, 15) is 39.0 Å². The van der Waals surface area contributed by atoms with Crippen LogP contribution in [-0.4, -0.2) is 39.5 Å². The molecule has 14 heteroatoms. The molecule has 0 aliphatic carbocycles. The largest absolute Gasteiger partial charge is 0.502 e. The predicted octanol–water partition coefficient (Wildman–Crippen LogP) is 1.32. The van der Waals surface area contributed by atoms with Gasteiger partial charge in [-0.1, -0.05) is 0 Å². The summed E-state index contributed by atoms with van der Waals surface area (Å²) in [5, 5.41) is 0.